The fourth-order valence-corrected chi connectivity index (χ4v) is 3.05. The van der Waals surface area contributed by atoms with Gasteiger partial charge in [-0.25, -0.2) is 4.79 Å². The number of hydrogen-bond donors (Lipinski definition) is 1. The summed E-state index contributed by atoms with van der Waals surface area (Å²) < 4.78 is 7.36. The number of carbonyl (C=O) groups excluding carboxylic acids is 1. The predicted octanol–water partition coefficient (Wildman–Crippen LogP) is 4.98. The minimum Gasteiger partial charge on any atom is -0.479 e. The van der Waals surface area contributed by atoms with Crippen LogP contribution in [0.25, 0.3) is 5.57 Å². The second-order valence-corrected chi connectivity index (χ2v) is 7.25. The summed E-state index contributed by atoms with van der Waals surface area (Å²) in [6.07, 6.45) is 3.00. The van der Waals surface area contributed by atoms with Crippen molar-refractivity contribution in [2.45, 2.75) is 33.4 Å². The highest BCUT2D eigenvalue weighted by atomic mass is 16.5. The Bertz CT molecular complexity index is 1080. The van der Waals surface area contributed by atoms with E-state index in [9.17, 15) is 9.59 Å². The van der Waals surface area contributed by atoms with E-state index in [-0.39, 0.29) is 5.78 Å². The van der Waals surface area contributed by atoms with Crippen LogP contribution in [0.1, 0.15) is 41.0 Å². The Morgan fingerprint density at radius 3 is 2.50 bits per heavy atom. The normalized spacial score (nSPS) is 12.4. The molecule has 1 atom stereocenters. The number of rotatable bonds is 8. The molecule has 1 N–H and O–H groups in total. The molecule has 5 nitrogen and oxygen atoms in total. The summed E-state index contributed by atoms with van der Waals surface area (Å²) in [5, 5.41) is 9.01. The molecular formula is C25H25NO4. The number of ketones is 1. The molecule has 0 aliphatic rings. The summed E-state index contributed by atoms with van der Waals surface area (Å²) in [7, 11) is 0. The highest BCUT2D eigenvalue weighted by molar-refractivity contribution is 6.08. The lowest BCUT2D eigenvalue weighted by atomic mass is 10.1. The number of benzene rings is 2. The van der Waals surface area contributed by atoms with Gasteiger partial charge in [0.15, 0.2) is 6.10 Å². The predicted molar refractivity (Wildman–Crippen MR) is 117 cm³/mol. The van der Waals surface area contributed by atoms with Gasteiger partial charge < -0.3 is 14.4 Å². The molecule has 0 aliphatic carbocycles. The Balaban J connectivity index is 1.75. The first-order valence-corrected chi connectivity index (χ1v) is 9.78. The number of aliphatic carboxylic acids is 1. The van der Waals surface area contributed by atoms with Crippen LogP contribution in [-0.2, 0) is 11.3 Å². The number of hydrogen-bond acceptors (Lipinski definition) is 3. The van der Waals surface area contributed by atoms with Gasteiger partial charge in [0.25, 0.3) is 0 Å². The number of aryl methyl sites for hydroxylation is 1. The van der Waals surface area contributed by atoms with Gasteiger partial charge in [0.1, 0.15) is 5.75 Å². The van der Waals surface area contributed by atoms with Crippen molar-refractivity contribution in [3.8, 4) is 5.75 Å². The van der Waals surface area contributed by atoms with Crippen molar-refractivity contribution in [1.82, 2.24) is 4.57 Å². The van der Waals surface area contributed by atoms with Crippen LogP contribution in [0, 0.1) is 6.92 Å². The lowest BCUT2D eigenvalue weighted by Crippen LogP contribution is -2.22. The van der Waals surface area contributed by atoms with Gasteiger partial charge in [0, 0.05) is 18.3 Å². The topological polar surface area (TPSA) is 68.5 Å². The summed E-state index contributed by atoms with van der Waals surface area (Å²) in [5.74, 6) is -0.512. The molecule has 154 valence electrons. The molecule has 0 spiro atoms. The third-order valence-electron chi connectivity index (χ3n) is 4.92. The largest absolute Gasteiger partial charge is 0.479 e. The highest BCUT2D eigenvalue weighted by Gasteiger charge is 2.14. The van der Waals surface area contributed by atoms with Gasteiger partial charge in [-0.2, -0.15) is 0 Å². The second kappa shape index (κ2) is 9.27. The number of ether oxygens (including phenoxy) is 1. The van der Waals surface area contributed by atoms with Crippen LogP contribution in [0.15, 0.2) is 72.9 Å². The first-order valence-electron chi connectivity index (χ1n) is 9.78. The van der Waals surface area contributed by atoms with Crippen LogP contribution < -0.4 is 4.74 Å². The number of carboxylic acids is 1. The summed E-state index contributed by atoms with van der Waals surface area (Å²) in [6.45, 7) is 6.01. The van der Waals surface area contributed by atoms with Crippen LogP contribution in [-0.4, -0.2) is 27.5 Å². The molecule has 3 aromatic rings. The molecule has 0 unspecified atom stereocenters. The third kappa shape index (κ3) is 5.06. The van der Waals surface area contributed by atoms with E-state index in [2.05, 4.69) is 0 Å². The van der Waals surface area contributed by atoms with Gasteiger partial charge in [0.05, 0.1) is 5.69 Å². The van der Waals surface area contributed by atoms with Crippen molar-refractivity contribution < 1.29 is 19.4 Å². The average molecular weight is 403 g/mol. The SMILES string of the molecule is C/C(=C\Cn1cccc1C(=O)c1ccc(C)cc1)c1cccc(O[C@@H](C)C(=O)O)c1. The van der Waals surface area contributed by atoms with Crippen molar-refractivity contribution >= 4 is 17.3 Å². The van der Waals surface area contributed by atoms with Gasteiger partial charge in [-0.1, -0.05) is 48.0 Å². The van der Waals surface area contributed by atoms with Gasteiger partial charge in [-0.15, -0.1) is 0 Å². The van der Waals surface area contributed by atoms with Crippen molar-refractivity contribution in [2.75, 3.05) is 0 Å². The maximum Gasteiger partial charge on any atom is 0.344 e. The summed E-state index contributed by atoms with van der Waals surface area (Å²) in [5.41, 5.74) is 4.35. The van der Waals surface area contributed by atoms with Crippen LogP contribution in [0.3, 0.4) is 0 Å². The van der Waals surface area contributed by atoms with Crippen molar-refractivity contribution in [1.29, 1.82) is 0 Å². The van der Waals surface area contributed by atoms with E-state index in [1.807, 2.05) is 85.3 Å². The highest BCUT2D eigenvalue weighted by Crippen LogP contribution is 2.21. The number of aromatic nitrogens is 1. The fraction of sp³-hybridized carbons (Fsp3) is 0.200. The third-order valence-corrected chi connectivity index (χ3v) is 4.92. The number of carboxylic acid groups (broad SMARTS) is 1. The monoisotopic (exact) mass is 403 g/mol. The number of allylic oxidation sites excluding steroid dienone is 2. The van der Waals surface area contributed by atoms with E-state index in [1.165, 1.54) is 6.92 Å². The second-order valence-electron chi connectivity index (χ2n) is 7.25. The molecule has 0 saturated heterocycles. The Morgan fingerprint density at radius 1 is 1.07 bits per heavy atom. The molecule has 1 heterocycles. The lowest BCUT2D eigenvalue weighted by Gasteiger charge is -2.12. The molecule has 0 aliphatic heterocycles. The molecular weight excluding hydrogens is 378 g/mol. The van der Waals surface area contributed by atoms with Crippen molar-refractivity contribution in [3.05, 3.63) is 95.3 Å². The molecule has 3 rings (SSSR count). The minimum atomic E-state index is -1.01. The molecule has 0 fully saturated rings. The first-order chi connectivity index (χ1) is 14.3. The van der Waals surface area contributed by atoms with E-state index < -0.39 is 12.1 Å². The zero-order valence-electron chi connectivity index (χ0n) is 17.3. The number of carbonyl (C=O) groups is 2. The average Bonchev–Trinajstić information content (AvgIpc) is 3.20. The Hall–Kier alpha value is -3.60. The summed E-state index contributed by atoms with van der Waals surface area (Å²) >= 11 is 0. The minimum absolute atomic E-state index is 0.0101. The summed E-state index contributed by atoms with van der Waals surface area (Å²) in [6, 6.07) is 18.6. The Labute approximate surface area is 176 Å². The van der Waals surface area contributed by atoms with E-state index in [0.717, 1.165) is 16.7 Å². The molecule has 5 heteroatoms. The van der Waals surface area contributed by atoms with Crippen LogP contribution in [0.2, 0.25) is 0 Å². The first kappa shape index (κ1) is 21.1. The van der Waals surface area contributed by atoms with E-state index in [0.29, 0.717) is 23.6 Å². The summed E-state index contributed by atoms with van der Waals surface area (Å²) in [4.78, 5) is 23.8. The van der Waals surface area contributed by atoms with Crippen molar-refractivity contribution in [2.24, 2.45) is 0 Å². The van der Waals surface area contributed by atoms with Gasteiger partial charge in [0.2, 0.25) is 5.78 Å². The quantitative estimate of drug-likeness (QED) is 0.539. The van der Waals surface area contributed by atoms with Gasteiger partial charge in [-0.05, 0) is 56.2 Å². The van der Waals surface area contributed by atoms with Crippen LogP contribution in [0.4, 0.5) is 0 Å². The smallest absolute Gasteiger partial charge is 0.344 e. The molecule has 2 aromatic carbocycles. The van der Waals surface area contributed by atoms with E-state index in [4.69, 9.17) is 9.84 Å². The maximum atomic E-state index is 12.9. The maximum absolute atomic E-state index is 12.9. The number of nitrogens with zero attached hydrogens (tertiary/aromatic N) is 1. The molecule has 0 amide bonds. The zero-order chi connectivity index (χ0) is 21.7. The molecule has 0 bridgehead atoms. The Morgan fingerprint density at radius 2 is 1.80 bits per heavy atom. The van der Waals surface area contributed by atoms with Crippen LogP contribution in [0.5, 0.6) is 5.75 Å². The standard InChI is InChI=1S/C25H25NO4/c1-17-9-11-20(12-10-17)24(27)23-8-5-14-26(23)15-13-18(2)21-6-4-7-22(16-21)30-19(3)25(28)29/h4-14,16,19H,15H2,1-3H3,(H,28,29)/b18-13+/t19-/m0/s1. The van der Waals surface area contributed by atoms with Gasteiger partial charge in [-0.3, -0.25) is 4.79 Å². The van der Waals surface area contributed by atoms with E-state index in [1.54, 1.807) is 6.07 Å². The van der Waals surface area contributed by atoms with Crippen molar-refractivity contribution in [3.63, 3.8) is 0 Å². The molecule has 0 saturated carbocycles. The van der Waals surface area contributed by atoms with Gasteiger partial charge >= 0.3 is 5.97 Å². The molecule has 30 heavy (non-hydrogen) atoms. The van der Waals surface area contributed by atoms with Crippen LogP contribution >= 0.6 is 0 Å². The Kier molecular flexibility index (Phi) is 6.52. The molecule has 1 aromatic heterocycles. The molecule has 0 radical (unpaired) electrons. The lowest BCUT2D eigenvalue weighted by molar-refractivity contribution is -0.144. The fourth-order valence-electron chi connectivity index (χ4n) is 3.05. The zero-order valence-corrected chi connectivity index (χ0v) is 17.3. The van der Waals surface area contributed by atoms with E-state index >= 15 is 0 Å².